The van der Waals surface area contributed by atoms with Crippen LogP contribution >= 0.6 is 11.6 Å². The number of Topliss-reactive ketones (excluding diaryl/α,β-unsaturated/α-hetero) is 1. The predicted octanol–water partition coefficient (Wildman–Crippen LogP) is 3.40. The van der Waals surface area contributed by atoms with Crippen molar-refractivity contribution in [1.82, 2.24) is 15.5 Å². The molecule has 0 aliphatic carbocycles. The smallest absolute Gasteiger partial charge is 0.349 e. The fourth-order valence-corrected chi connectivity index (χ4v) is 2.83. The van der Waals surface area contributed by atoms with E-state index >= 15 is 0 Å². The minimum atomic E-state index is -4.95. The molecule has 0 aromatic heterocycles. The maximum Gasteiger partial charge on any atom is 0.471 e. The average molecular weight is 502 g/mol. The van der Waals surface area contributed by atoms with Crippen LogP contribution in [0.15, 0.2) is 0 Å². The zero-order chi connectivity index (χ0) is 26.6. The Morgan fingerprint density at radius 2 is 1.64 bits per heavy atom. The van der Waals surface area contributed by atoms with Crippen LogP contribution in [0.3, 0.4) is 0 Å². The maximum absolute atomic E-state index is 11.9. The number of halogens is 4. The maximum atomic E-state index is 11.9. The summed E-state index contributed by atoms with van der Waals surface area (Å²) in [7, 11) is 0. The molecule has 0 aromatic carbocycles. The van der Waals surface area contributed by atoms with Crippen molar-refractivity contribution in [1.29, 1.82) is 0 Å². The highest BCUT2D eigenvalue weighted by Crippen LogP contribution is 2.34. The quantitative estimate of drug-likeness (QED) is 0.413. The van der Waals surface area contributed by atoms with Crippen LogP contribution in [0.5, 0.6) is 0 Å². The highest BCUT2D eigenvalue weighted by molar-refractivity contribution is 6.28. The molecule has 1 rings (SSSR count). The van der Waals surface area contributed by atoms with E-state index in [1.165, 1.54) is 4.90 Å². The van der Waals surface area contributed by atoms with Crippen LogP contribution in [0.2, 0.25) is 0 Å². The molecule has 33 heavy (non-hydrogen) atoms. The Bertz CT molecular complexity index is 638. The molecular weight excluding hydrogens is 463 g/mol. The molecule has 1 saturated heterocycles. The van der Waals surface area contributed by atoms with Crippen LogP contribution < -0.4 is 10.6 Å². The van der Waals surface area contributed by atoms with Crippen molar-refractivity contribution in [2.75, 3.05) is 25.5 Å². The average Bonchev–Trinajstić information content (AvgIpc) is 2.95. The molecule has 0 spiro atoms. The lowest BCUT2D eigenvalue weighted by atomic mass is 9.84. The second kappa shape index (κ2) is 15.1. The Morgan fingerprint density at radius 3 is 1.94 bits per heavy atom. The van der Waals surface area contributed by atoms with Crippen molar-refractivity contribution in [2.45, 2.75) is 67.6 Å². The molecule has 0 bridgehead atoms. The molecular formula is C22H39ClF3N3O4. The number of hydrogen-bond donors (Lipinski definition) is 2. The highest BCUT2D eigenvalue weighted by Gasteiger charge is 2.41. The number of amides is 3. The second-order valence-corrected chi connectivity index (χ2v) is 9.95. The van der Waals surface area contributed by atoms with Gasteiger partial charge >= 0.3 is 12.1 Å². The Labute approximate surface area is 200 Å². The van der Waals surface area contributed by atoms with E-state index in [0.717, 1.165) is 5.92 Å². The summed E-state index contributed by atoms with van der Waals surface area (Å²) < 4.78 is 35.8. The SMILES string of the molecule is CC(C)C.CC(C)C(NC=O)C(=O)CCl.CC1CN(C(=O)CNC(=O)C(F)(F)F)CC1(C)C. The van der Waals surface area contributed by atoms with Crippen LogP contribution in [0, 0.1) is 23.2 Å². The molecule has 1 aliphatic heterocycles. The Balaban J connectivity index is 0. The van der Waals surface area contributed by atoms with Gasteiger partial charge in [-0.15, -0.1) is 11.6 Å². The van der Waals surface area contributed by atoms with E-state index in [4.69, 9.17) is 11.6 Å². The fraction of sp³-hybridized carbons (Fsp3) is 0.818. The molecule has 1 aliphatic rings. The molecule has 0 radical (unpaired) electrons. The lowest BCUT2D eigenvalue weighted by Gasteiger charge is -2.22. The lowest BCUT2D eigenvalue weighted by molar-refractivity contribution is -0.174. The summed E-state index contributed by atoms with van der Waals surface area (Å²) in [6.45, 7) is 16.6. The number of rotatable bonds is 7. The van der Waals surface area contributed by atoms with Crippen molar-refractivity contribution < 1.29 is 32.3 Å². The first-order valence-electron chi connectivity index (χ1n) is 10.8. The lowest BCUT2D eigenvalue weighted by Crippen LogP contribution is -2.44. The molecule has 0 aromatic rings. The summed E-state index contributed by atoms with van der Waals surface area (Å²) in [4.78, 5) is 44.7. The Kier molecular flexibility index (Phi) is 15.3. The highest BCUT2D eigenvalue weighted by atomic mass is 35.5. The van der Waals surface area contributed by atoms with Gasteiger partial charge in [0.15, 0.2) is 5.78 Å². The molecule has 7 nitrogen and oxygen atoms in total. The van der Waals surface area contributed by atoms with Gasteiger partial charge in [-0.25, -0.2) is 0 Å². The third kappa shape index (κ3) is 14.1. The zero-order valence-electron chi connectivity index (χ0n) is 20.8. The molecule has 3 amide bonds. The van der Waals surface area contributed by atoms with Gasteiger partial charge in [-0.05, 0) is 23.2 Å². The van der Waals surface area contributed by atoms with Crippen LogP contribution in [-0.2, 0) is 19.2 Å². The van der Waals surface area contributed by atoms with E-state index in [2.05, 4.69) is 26.1 Å². The summed E-state index contributed by atoms with van der Waals surface area (Å²) in [5, 5.41) is 4.00. The number of nitrogens with zero attached hydrogens (tertiary/aromatic N) is 1. The minimum absolute atomic E-state index is 0.0519. The molecule has 194 valence electrons. The van der Waals surface area contributed by atoms with Crippen LogP contribution in [-0.4, -0.2) is 66.6 Å². The van der Waals surface area contributed by atoms with Gasteiger partial charge in [0.1, 0.15) is 0 Å². The molecule has 2 atom stereocenters. The molecule has 2 N–H and O–H groups in total. The van der Waals surface area contributed by atoms with Gasteiger partial charge in [-0.3, -0.25) is 19.2 Å². The normalized spacial score (nSPS) is 17.9. The van der Waals surface area contributed by atoms with Gasteiger partial charge in [0, 0.05) is 13.1 Å². The summed E-state index contributed by atoms with van der Waals surface area (Å²) in [5.74, 6) is -1.56. The third-order valence-corrected chi connectivity index (χ3v) is 5.09. The van der Waals surface area contributed by atoms with Gasteiger partial charge in [0.25, 0.3) is 0 Å². The van der Waals surface area contributed by atoms with E-state index in [0.29, 0.717) is 19.5 Å². The predicted molar refractivity (Wildman–Crippen MR) is 123 cm³/mol. The van der Waals surface area contributed by atoms with Crippen molar-refractivity contribution >= 4 is 35.6 Å². The first-order valence-corrected chi connectivity index (χ1v) is 11.3. The first kappa shape index (κ1) is 33.3. The number of alkyl halides is 4. The van der Waals surface area contributed by atoms with E-state index < -0.39 is 30.6 Å². The van der Waals surface area contributed by atoms with Gasteiger partial charge in [-0.1, -0.05) is 55.4 Å². The van der Waals surface area contributed by atoms with Crippen molar-refractivity contribution in [2.24, 2.45) is 23.2 Å². The first-order chi connectivity index (χ1) is 14.9. The monoisotopic (exact) mass is 501 g/mol. The number of carbonyl (C=O) groups excluding carboxylic acids is 4. The summed E-state index contributed by atoms with van der Waals surface area (Å²) in [6.07, 6.45) is -4.42. The van der Waals surface area contributed by atoms with Gasteiger partial charge in [0.05, 0.1) is 18.5 Å². The molecule has 1 fully saturated rings. The van der Waals surface area contributed by atoms with Crippen LogP contribution in [0.4, 0.5) is 13.2 Å². The van der Waals surface area contributed by atoms with Crippen LogP contribution in [0.1, 0.15) is 55.4 Å². The molecule has 0 saturated carbocycles. The minimum Gasteiger partial charge on any atom is -0.349 e. The third-order valence-electron chi connectivity index (χ3n) is 4.83. The van der Waals surface area contributed by atoms with Gasteiger partial charge in [-0.2, -0.15) is 13.2 Å². The molecule has 1 heterocycles. The zero-order valence-corrected chi connectivity index (χ0v) is 21.6. The standard InChI is InChI=1S/C11H17F3N2O2.C7H12ClNO2.C4H10/c1-7-5-16(6-10(7,2)3)8(17)4-15-9(18)11(12,13)14;1-5(2)7(9-4-10)6(11)3-8;1-4(2)3/h7H,4-6H2,1-3H3,(H,15,18);4-5,7H,3H2,1-2H3,(H,9,10);4H,1-3H3. The fourth-order valence-electron chi connectivity index (χ4n) is 2.66. The van der Waals surface area contributed by atoms with Crippen molar-refractivity contribution in [3.8, 4) is 0 Å². The number of likely N-dealkylation sites (tertiary alicyclic amines) is 1. The summed E-state index contributed by atoms with van der Waals surface area (Å²) in [5.41, 5.74) is -0.0519. The van der Waals surface area contributed by atoms with E-state index in [9.17, 15) is 32.3 Å². The van der Waals surface area contributed by atoms with Crippen molar-refractivity contribution in [3.63, 3.8) is 0 Å². The number of carbonyl (C=O) groups is 4. The van der Waals surface area contributed by atoms with Gasteiger partial charge < -0.3 is 15.5 Å². The topological polar surface area (TPSA) is 95.6 Å². The Hall–Kier alpha value is -1.84. The Morgan fingerprint density at radius 1 is 1.15 bits per heavy atom. The molecule has 2 unspecified atom stereocenters. The summed E-state index contributed by atoms with van der Waals surface area (Å²) in [6, 6.07) is -0.440. The van der Waals surface area contributed by atoms with E-state index in [1.54, 1.807) is 5.32 Å². The van der Waals surface area contributed by atoms with E-state index in [-0.39, 0.29) is 28.9 Å². The second-order valence-electron chi connectivity index (χ2n) is 9.68. The summed E-state index contributed by atoms with van der Waals surface area (Å²) >= 11 is 5.32. The largest absolute Gasteiger partial charge is 0.471 e. The number of hydrogen-bond acceptors (Lipinski definition) is 4. The van der Waals surface area contributed by atoms with Crippen molar-refractivity contribution in [3.05, 3.63) is 0 Å². The number of ketones is 1. The molecule has 11 heteroatoms. The number of nitrogens with one attached hydrogen (secondary N) is 2. The van der Waals surface area contributed by atoms with Gasteiger partial charge in [0.2, 0.25) is 12.3 Å². The van der Waals surface area contributed by atoms with Crippen LogP contribution in [0.25, 0.3) is 0 Å². The van der Waals surface area contributed by atoms with E-state index in [1.807, 2.05) is 34.6 Å².